The van der Waals surface area contributed by atoms with E-state index in [4.69, 9.17) is 0 Å². The van der Waals surface area contributed by atoms with Crippen molar-refractivity contribution >= 4 is 51.2 Å². The molecular formula is C23H19N3O4S2. The van der Waals surface area contributed by atoms with Crippen LogP contribution in [0.4, 0.5) is 5.69 Å². The quantitative estimate of drug-likeness (QED) is 0.166. The summed E-state index contributed by atoms with van der Waals surface area (Å²) in [5, 5.41) is 14.7. The molecule has 0 fully saturated rings. The number of phenolic OH excluding ortho intramolecular Hbond substituents is 1. The van der Waals surface area contributed by atoms with Gasteiger partial charge in [0.25, 0.3) is 5.56 Å². The number of thioether (sulfide) groups is 1. The zero-order valence-electron chi connectivity index (χ0n) is 17.2. The van der Waals surface area contributed by atoms with Crippen molar-refractivity contribution in [2.75, 3.05) is 5.32 Å². The normalized spacial score (nSPS) is 11.9. The number of benzene rings is 2. The van der Waals surface area contributed by atoms with E-state index >= 15 is 0 Å². The topological polar surface area (TPSA) is 112 Å². The molecule has 0 aliphatic rings. The van der Waals surface area contributed by atoms with E-state index in [2.05, 4.69) is 15.3 Å². The summed E-state index contributed by atoms with van der Waals surface area (Å²) in [6.45, 7) is 3.67. The van der Waals surface area contributed by atoms with Crippen LogP contribution in [0.25, 0.3) is 21.3 Å². The van der Waals surface area contributed by atoms with Gasteiger partial charge in [0.2, 0.25) is 5.91 Å². The predicted molar refractivity (Wildman–Crippen MR) is 128 cm³/mol. The van der Waals surface area contributed by atoms with Crippen LogP contribution in [0.1, 0.15) is 22.8 Å². The fraction of sp³-hybridized carbons (Fsp3) is 0.130. The van der Waals surface area contributed by atoms with Crippen LogP contribution >= 0.6 is 23.1 Å². The third-order valence-corrected chi connectivity index (χ3v) is 6.71. The van der Waals surface area contributed by atoms with Crippen molar-refractivity contribution in [2.24, 2.45) is 0 Å². The van der Waals surface area contributed by atoms with E-state index in [1.54, 1.807) is 6.92 Å². The van der Waals surface area contributed by atoms with Gasteiger partial charge < -0.3 is 15.4 Å². The molecule has 0 spiro atoms. The molecule has 0 aliphatic carbocycles. The Balaban J connectivity index is 1.55. The number of hydrogen-bond donors (Lipinski definition) is 3. The van der Waals surface area contributed by atoms with Crippen LogP contribution in [-0.4, -0.2) is 32.5 Å². The number of aromatic amines is 1. The lowest BCUT2D eigenvalue weighted by atomic mass is 10.1. The number of fused-ring (bicyclic) bond motifs is 1. The number of carbonyl (C=O) groups is 2. The molecule has 4 rings (SSSR count). The number of anilines is 1. The monoisotopic (exact) mass is 465 g/mol. The number of H-pyrrole nitrogens is 1. The third-order valence-electron chi connectivity index (χ3n) is 4.86. The Morgan fingerprint density at radius 3 is 2.72 bits per heavy atom. The number of phenols is 1. The van der Waals surface area contributed by atoms with E-state index in [0.29, 0.717) is 27.2 Å². The zero-order chi connectivity index (χ0) is 22.8. The molecule has 4 aromatic rings. The highest BCUT2D eigenvalue weighted by atomic mass is 32.2. The molecule has 2 heterocycles. The van der Waals surface area contributed by atoms with Crippen LogP contribution < -0.4 is 10.9 Å². The lowest BCUT2D eigenvalue weighted by molar-refractivity contribution is -0.115. The average Bonchev–Trinajstić information content (AvgIpc) is 3.20. The van der Waals surface area contributed by atoms with Crippen molar-refractivity contribution in [1.82, 2.24) is 9.97 Å². The fourth-order valence-electron chi connectivity index (χ4n) is 3.11. The molecule has 1 unspecified atom stereocenters. The number of rotatable bonds is 6. The summed E-state index contributed by atoms with van der Waals surface area (Å²) in [7, 11) is 0. The first-order chi connectivity index (χ1) is 15.4. The van der Waals surface area contributed by atoms with Crippen molar-refractivity contribution in [3.05, 3.63) is 69.3 Å². The summed E-state index contributed by atoms with van der Waals surface area (Å²) in [6, 6.07) is 12.1. The van der Waals surface area contributed by atoms with Gasteiger partial charge >= 0.3 is 0 Å². The standard InChI is InChI=1S/C23H19N3O4S2/c1-12-3-6-15(7-4-12)16-11-31-22-19(16)21(30)25-23(26-22)32-13(2)20(29)24-17-9-14(10-27)5-8-18(17)28/h3-11,13,28H,1-2H3,(H,24,29)(H,25,26,30). The molecule has 3 N–H and O–H groups in total. The van der Waals surface area contributed by atoms with Gasteiger partial charge in [-0.3, -0.25) is 14.4 Å². The molecule has 7 nitrogen and oxygen atoms in total. The summed E-state index contributed by atoms with van der Waals surface area (Å²) in [4.78, 5) is 44.2. The minimum absolute atomic E-state index is 0.142. The molecule has 2 aromatic carbocycles. The van der Waals surface area contributed by atoms with Gasteiger partial charge in [0.15, 0.2) is 5.16 Å². The van der Waals surface area contributed by atoms with E-state index in [-0.39, 0.29) is 17.0 Å². The van der Waals surface area contributed by atoms with E-state index in [1.165, 1.54) is 29.5 Å². The molecule has 0 aliphatic heterocycles. The highest BCUT2D eigenvalue weighted by molar-refractivity contribution is 8.00. The van der Waals surface area contributed by atoms with E-state index in [9.17, 15) is 19.5 Å². The van der Waals surface area contributed by atoms with Gasteiger partial charge in [-0.1, -0.05) is 41.6 Å². The second kappa shape index (κ2) is 8.97. The number of hydrogen-bond acceptors (Lipinski definition) is 7. The molecule has 0 radical (unpaired) electrons. The van der Waals surface area contributed by atoms with Crippen LogP contribution in [0.2, 0.25) is 0 Å². The van der Waals surface area contributed by atoms with Crippen LogP contribution in [0, 0.1) is 6.92 Å². The summed E-state index contributed by atoms with van der Waals surface area (Å²) in [5.74, 6) is -0.543. The Hall–Kier alpha value is -3.43. The molecular weight excluding hydrogens is 446 g/mol. The highest BCUT2D eigenvalue weighted by Crippen LogP contribution is 2.32. The number of thiophene rings is 1. The molecule has 1 atom stereocenters. The van der Waals surface area contributed by atoms with Crippen molar-refractivity contribution in [3.8, 4) is 16.9 Å². The SMILES string of the molecule is Cc1ccc(-c2csc3nc(SC(C)C(=O)Nc4cc(C=O)ccc4O)[nH]c(=O)c23)cc1. The van der Waals surface area contributed by atoms with Gasteiger partial charge in [-0.25, -0.2) is 4.98 Å². The predicted octanol–water partition coefficient (Wildman–Crippen LogP) is 4.60. The molecule has 0 bridgehead atoms. The molecule has 2 aromatic heterocycles. The third kappa shape index (κ3) is 4.44. The number of carbonyl (C=O) groups excluding carboxylic acids is 2. The Labute approximate surface area is 191 Å². The summed E-state index contributed by atoms with van der Waals surface area (Å²) in [5.41, 5.74) is 3.11. The molecule has 162 valence electrons. The van der Waals surface area contributed by atoms with Gasteiger partial charge in [-0.2, -0.15) is 0 Å². The summed E-state index contributed by atoms with van der Waals surface area (Å²) < 4.78 is 0. The smallest absolute Gasteiger partial charge is 0.260 e. The first kappa shape index (κ1) is 21.8. The summed E-state index contributed by atoms with van der Waals surface area (Å²) >= 11 is 2.47. The van der Waals surface area contributed by atoms with Crippen molar-refractivity contribution in [3.63, 3.8) is 0 Å². The second-order valence-electron chi connectivity index (χ2n) is 7.21. The second-order valence-corrected chi connectivity index (χ2v) is 9.40. The lowest BCUT2D eigenvalue weighted by Gasteiger charge is -2.12. The lowest BCUT2D eigenvalue weighted by Crippen LogP contribution is -2.23. The average molecular weight is 466 g/mol. The van der Waals surface area contributed by atoms with Crippen molar-refractivity contribution < 1.29 is 14.7 Å². The van der Waals surface area contributed by atoms with Gasteiger partial charge in [-0.05, 0) is 37.6 Å². The number of aryl methyl sites for hydroxylation is 1. The molecule has 9 heteroatoms. The van der Waals surface area contributed by atoms with Crippen LogP contribution in [0.3, 0.4) is 0 Å². The van der Waals surface area contributed by atoms with Gasteiger partial charge in [0.1, 0.15) is 16.9 Å². The molecule has 0 saturated carbocycles. The Morgan fingerprint density at radius 1 is 1.25 bits per heavy atom. The van der Waals surface area contributed by atoms with Gasteiger partial charge in [0.05, 0.1) is 16.3 Å². The maximum atomic E-state index is 12.8. The zero-order valence-corrected chi connectivity index (χ0v) is 18.8. The van der Waals surface area contributed by atoms with Crippen molar-refractivity contribution in [1.29, 1.82) is 0 Å². The van der Waals surface area contributed by atoms with Crippen LogP contribution in [0.15, 0.2) is 57.8 Å². The van der Waals surface area contributed by atoms with E-state index in [0.717, 1.165) is 28.5 Å². The van der Waals surface area contributed by atoms with Crippen LogP contribution in [-0.2, 0) is 4.79 Å². The molecule has 1 amide bonds. The minimum atomic E-state index is -0.619. The number of nitrogens with one attached hydrogen (secondary N) is 2. The Bertz CT molecular complexity index is 1380. The van der Waals surface area contributed by atoms with Crippen LogP contribution in [0.5, 0.6) is 5.75 Å². The van der Waals surface area contributed by atoms with E-state index in [1.807, 2.05) is 36.6 Å². The maximum Gasteiger partial charge on any atom is 0.260 e. The Morgan fingerprint density at radius 2 is 2.00 bits per heavy atom. The fourth-order valence-corrected chi connectivity index (χ4v) is 4.92. The summed E-state index contributed by atoms with van der Waals surface area (Å²) in [6.07, 6.45) is 0.628. The number of nitrogens with zero attached hydrogens (tertiary/aromatic N) is 1. The number of amides is 1. The van der Waals surface area contributed by atoms with Gasteiger partial charge in [0, 0.05) is 16.5 Å². The molecule has 0 saturated heterocycles. The largest absolute Gasteiger partial charge is 0.506 e. The first-order valence-corrected chi connectivity index (χ1v) is 11.5. The number of aromatic nitrogens is 2. The number of aromatic hydroxyl groups is 1. The first-order valence-electron chi connectivity index (χ1n) is 9.70. The van der Waals surface area contributed by atoms with Crippen molar-refractivity contribution in [2.45, 2.75) is 24.3 Å². The Kier molecular flexibility index (Phi) is 6.11. The van der Waals surface area contributed by atoms with Gasteiger partial charge in [-0.15, -0.1) is 11.3 Å². The maximum absolute atomic E-state index is 12.8. The minimum Gasteiger partial charge on any atom is -0.506 e. The highest BCUT2D eigenvalue weighted by Gasteiger charge is 2.19. The number of aldehydes is 1. The van der Waals surface area contributed by atoms with E-state index < -0.39 is 11.2 Å². The molecule has 32 heavy (non-hydrogen) atoms.